The van der Waals surface area contributed by atoms with Crippen LogP contribution in [-0.4, -0.2) is 28.3 Å². The van der Waals surface area contributed by atoms with Crippen molar-refractivity contribution in [1.82, 2.24) is 9.97 Å². The third kappa shape index (κ3) is 2.27. The van der Waals surface area contributed by atoms with Crippen LogP contribution in [0.4, 0.5) is 5.82 Å². The second-order valence-corrected chi connectivity index (χ2v) is 2.37. The Labute approximate surface area is 75.7 Å². The van der Waals surface area contributed by atoms with Gasteiger partial charge in [-0.25, -0.2) is 15.8 Å². The van der Waals surface area contributed by atoms with Gasteiger partial charge in [0.2, 0.25) is 5.88 Å². The summed E-state index contributed by atoms with van der Waals surface area (Å²) in [6, 6.07) is 0. The number of nitrogens with one attached hydrogen (secondary N) is 1. The molecule has 72 valence electrons. The van der Waals surface area contributed by atoms with E-state index in [9.17, 15) is 0 Å². The summed E-state index contributed by atoms with van der Waals surface area (Å²) in [6.45, 7) is 1.94. The van der Waals surface area contributed by atoms with Gasteiger partial charge < -0.3 is 15.3 Å². The Hall–Kier alpha value is -1.40. The molecule has 6 nitrogen and oxygen atoms in total. The molecule has 1 heterocycles. The SMILES string of the molecule is Cc1c(NN)ncnc1OCCO. The number of hydrogen-bond acceptors (Lipinski definition) is 6. The van der Waals surface area contributed by atoms with E-state index in [1.807, 2.05) is 0 Å². The van der Waals surface area contributed by atoms with Crippen molar-refractivity contribution in [3.05, 3.63) is 11.9 Å². The molecule has 6 heteroatoms. The van der Waals surface area contributed by atoms with Crippen molar-refractivity contribution in [2.24, 2.45) is 5.84 Å². The number of aliphatic hydroxyl groups is 1. The number of nitrogens with two attached hydrogens (primary N) is 1. The largest absolute Gasteiger partial charge is 0.475 e. The molecule has 0 aromatic carbocycles. The van der Waals surface area contributed by atoms with Gasteiger partial charge in [-0.05, 0) is 6.92 Å². The van der Waals surface area contributed by atoms with E-state index in [1.165, 1.54) is 6.33 Å². The Balaban J connectivity index is 2.81. The van der Waals surface area contributed by atoms with Crippen LogP contribution in [0.25, 0.3) is 0 Å². The third-order valence-corrected chi connectivity index (χ3v) is 1.50. The lowest BCUT2D eigenvalue weighted by molar-refractivity contribution is 0.196. The van der Waals surface area contributed by atoms with Crippen LogP contribution >= 0.6 is 0 Å². The Kier molecular flexibility index (Phi) is 3.41. The predicted molar refractivity (Wildman–Crippen MR) is 47.2 cm³/mol. The normalized spacial score (nSPS) is 9.77. The molecule has 1 aromatic heterocycles. The minimum atomic E-state index is -0.0468. The summed E-state index contributed by atoms with van der Waals surface area (Å²) < 4.78 is 5.13. The van der Waals surface area contributed by atoms with E-state index in [0.29, 0.717) is 11.7 Å². The first-order valence-corrected chi connectivity index (χ1v) is 3.81. The molecular weight excluding hydrogens is 172 g/mol. The molecule has 0 amide bonds. The van der Waals surface area contributed by atoms with Crippen LogP contribution in [-0.2, 0) is 0 Å². The quantitative estimate of drug-likeness (QED) is 0.429. The highest BCUT2D eigenvalue weighted by atomic mass is 16.5. The van der Waals surface area contributed by atoms with Crippen molar-refractivity contribution in [3.63, 3.8) is 0 Å². The second-order valence-electron chi connectivity index (χ2n) is 2.37. The Morgan fingerprint density at radius 2 is 2.38 bits per heavy atom. The van der Waals surface area contributed by atoms with Crippen LogP contribution in [0, 0.1) is 6.92 Å². The van der Waals surface area contributed by atoms with Gasteiger partial charge in [0.05, 0.1) is 12.2 Å². The molecule has 0 aliphatic heterocycles. The fraction of sp³-hybridized carbons (Fsp3) is 0.429. The summed E-state index contributed by atoms with van der Waals surface area (Å²) in [7, 11) is 0. The first kappa shape index (κ1) is 9.69. The van der Waals surface area contributed by atoms with Crippen LogP contribution in [0.2, 0.25) is 0 Å². The molecule has 0 unspecified atom stereocenters. The average molecular weight is 184 g/mol. The summed E-state index contributed by atoms with van der Waals surface area (Å²) in [4.78, 5) is 7.76. The fourth-order valence-corrected chi connectivity index (χ4v) is 0.867. The topological polar surface area (TPSA) is 93.3 Å². The van der Waals surface area contributed by atoms with E-state index in [0.717, 1.165) is 5.56 Å². The van der Waals surface area contributed by atoms with E-state index >= 15 is 0 Å². The van der Waals surface area contributed by atoms with Crippen molar-refractivity contribution >= 4 is 5.82 Å². The zero-order valence-electron chi connectivity index (χ0n) is 7.32. The maximum absolute atomic E-state index is 8.54. The van der Waals surface area contributed by atoms with Gasteiger partial charge in [0.1, 0.15) is 18.8 Å². The van der Waals surface area contributed by atoms with E-state index in [-0.39, 0.29) is 13.2 Å². The zero-order valence-corrected chi connectivity index (χ0v) is 7.32. The van der Waals surface area contributed by atoms with E-state index in [1.54, 1.807) is 6.92 Å². The molecule has 0 atom stereocenters. The molecular formula is C7H12N4O2. The van der Waals surface area contributed by atoms with Gasteiger partial charge in [0.15, 0.2) is 0 Å². The van der Waals surface area contributed by atoms with Crippen molar-refractivity contribution in [2.45, 2.75) is 6.92 Å². The number of nitrogens with zero attached hydrogens (tertiary/aromatic N) is 2. The predicted octanol–water partition coefficient (Wildman–Crippen LogP) is -0.558. The molecule has 1 aromatic rings. The van der Waals surface area contributed by atoms with Crippen molar-refractivity contribution in [3.8, 4) is 5.88 Å². The lowest BCUT2D eigenvalue weighted by atomic mass is 10.3. The molecule has 0 aliphatic rings. The molecule has 0 saturated carbocycles. The second kappa shape index (κ2) is 4.58. The number of aliphatic hydroxyl groups excluding tert-OH is 1. The smallest absolute Gasteiger partial charge is 0.221 e. The van der Waals surface area contributed by atoms with Gasteiger partial charge in [-0.3, -0.25) is 0 Å². The number of hydrogen-bond donors (Lipinski definition) is 3. The number of aromatic nitrogens is 2. The molecule has 0 spiro atoms. The van der Waals surface area contributed by atoms with Crippen LogP contribution < -0.4 is 16.0 Å². The summed E-state index contributed by atoms with van der Waals surface area (Å²) in [5.74, 6) is 6.15. The standard InChI is InChI=1S/C7H12N4O2/c1-5-6(11-8)9-4-10-7(5)13-3-2-12/h4,12H,2-3,8H2,1H3,(H,9,10,11). The van der Waals surface area contributed by atoms with Gasteiger partial charge in [0.25, 0.3) is 0 Å². The fourth-order valence-electron chi connectivity index (χ4n) is 0.867. The molecule has 4 N–H and O–H groups in total. The molecule has 0 saturated heterocycles. The van der Waals surface area contributed by atoms with E-state index < -0.39 is 0 Å². The molecule has 1 rings (SSSR count). The minimum Gasteiger partial charge on any atom is -0.475 e. The number of hydrazine groups is 1. The number of rotatable bonds is 4. The molecule has 0 bridgehead atoms. The number of nitrogen functional groups attached to an aromatic ring is 1. The lowest BCUT2D eigenvalue weighted by Gasteiger charge is -2.08. The van der Waals surface area contributed by atoms with Crippen LogP contribution in [0.15, 0.2) is 6.33 Å². The van der Waals surface area contributed by atoms with Crippen molar-refractivity contribution < 1.29 is 9.84 Å². The maximum atomic E-state index is 8.54. The summed E-state index contributed by atoms with van der Waals surface area (Å²) >= 11 is 0. The van der Waals surface area contributed by atoms with E-state index in [4.69, 9.17) is 15.7 Å². The zero-order chi connectivity index (χ0) is 9.68. The van der Waals surface area contributed by atoms with Gasteiger partial charge in [0, 0.05) is 0 Å². The highest BCUT2D eigenvalue weighted by Crippen LogP contribution is 2.18. The molecule has 0 aliphatic carbocycles. The molecule has 13 heavy (non-hydrogen) atoms. The first-order chi connectivity index (χ1) is 6.29. The van der Waals surface area contributed by atoms with E-state index in [2.05, 4.69) is 15.4 Å². The van der Waals surface area contributed by atoms with Crippen LogP contribution in [0.3, 0.4) is 0 Å². The maximum Gasteiger partial charge on any atom is 0.221 e. The Morgan fingerprint density at radius 1 is 1.62 bits per heavy atom. The highest BCUT2D eigenvalue weighted by Gasteiger charge is 2.05. The average Bonchev–Trinajstić information content (AvgIpc) is 2.16. The summed E-state index contributed by atoms with van der Waals surface area (Å²) in [5.41, 5.74) is 3.14. The van der Waals surface area contributed by atoms with Crippen LogP contribution in [0.1, 0.15) is 5.56 Å². The third-order valence-electron chi connectivity index (χ3n) is 1.50. The van der Waals surface area contributed by atoms with Gasteiger partial charge >= 0.3 is 0 Å². The van der Waals surface area contributed by atoms with Crippen molar-refractivity contribution in [1.29, 1.82) is 0 Å². The summed E-state index contributed by atoms with van der Waals surface area (Å²) in [5, 5.41) is 8.54. The molecule has 0 radical (unpaired) electrons. The van der Waals surface area contributed by atoms with Crippen LogP contribution in [0.5, 0.6) is 5.88 Å². The lowest BCUT2D eigenvalue weighted by Crippen LogP contribution is -2.12. The number of ether oxygens (including phenoxy) is 1. The highest BCUT2D eigenvalue weighted by molar-refractivity contribution is 5.46. The monoisotopic (exact) mass is 184 g/mol. The van der Waals surface area contributed by atoms with Gasteiger partial charge in [-0.1, -0.05) is 0 Å². The first-order valence-electron chi connectivity index (χ1n) is 3.81. The molecule has 0 fully saturated rings. The Bertz CT molecular complexity index is 279. The van der Waals surface area contributed by atoms with Gasteiger partial charge in [-0.2, -0.15) is 0 Å². The number of anilines is 1. The van der Waals surface area contributed by atoms with Gasteiger partial charge in [-0.15, -0.1) is 0 Å². The van der Waals surface area contributed by atoms with Crippen molar-refractivity contribution in [2.75, 3.05) is 18.6 Å². The minimum absolute atomic E-state index is 0.0468. The Morgan fingerprint density at radius 3 is 3.00 bits per heavy atom. The summed E-state index contributed by atoms with van der Waals surface area (Å²) in [6.07, 6.45) is 1.34.